The van der Waals surface area contributed by atoms with Crippen LogP contribution in [0.3, 0.4) is 0 Å². The normalized spacial score (nSPS) is 20.6. The number of hydrogen-bond donors (Lipinski definition) is 1. The van der Waals surface area contributed by atoms with Gasteiger partial charge in [-0.15, -0.1) is 0 Å². The van der Waals surface area contributed by atoms with Crippen LogP contribution in [0.5, 0.6) is 0 Å². The Bertz CT molecular complexity index is 1520. The van der Waals surface area contributed by atoms with Gasteiger partial charge in [0.05, 0.1) is 16.4 Å². The van der Waals surface area contributed by atoms with Gasteiger partial charge in [-0.2, -0.15) is 39.5 Å². The highest BCUT2D eigenvalue weighted by atomic mass is 19.4. The molecule has 0 unspecified atom stereocenters. The summed E-state index contributed by atoms with van der Waals surface area (Å²) in [4.78, 5) is 0. The molecule has 7 aliphatic carbocycles. The van der Waals surface area contributed by atoms with Crippen molar-refractivity contribution in [3.63, 3.8) is 0 Å². The van der Waals surface area contributed by atoms with Crippen LogP contribution in [0.4, 0.5) is 57.1 Å². The molecule has 0 atom stereocenters. The van der Waals surface area contributed by atoms with Crippen LogP contribution < -0.4 is 0 Å². The van der Waals surface area contributed by atoms with E-state index in [2.05, 4.69) is 111 Å². The van der Waals surface area contributed by atoms with E-state index in [0.29, 0.717) is 18.8 Å². The van der Waals surface area contributed by atoms with Crippen molar-refractivity contribution in [2.24, 2.45) is 104 Å². The zero-order valence-electron chi connectivity index (χ0n) is 61.5. The van der Waals surface area contributed by atoms with Crippen molar-refractivity contribution >= 4 is 0 Å². The molecule has 0 aliphatic heterocycles. The molecule has 0 bridgehead atoms. The number of halogens is 13. The molecule has 0 saturated heterocycles. The Morgan fingerprint density at radius 2 is 0.644 bits per heavy atom. The molecule has 0 spiro atoms. The van der Waals surface area contributed by atoms with Crippen LogP contribution in [0.1, 0.15) is 329 Å². The first-order chi connectivity index (χ1) is 38.7. The largest absolute Gasteiger partial charge is 0.394 e. The molecule has 7 saturated carbocycles. The maximum absolute atomic E-state index is 12.1. The molecule has 0 radical (unpaired) electrons. The van der Waals surface area contributed by atoms with Crippen LogP contribution in [-0.4, -0.2) is 41.6 Å². The topological polar surface area (TPSA) is 20.2 Å². The molecule has 0 aromatic rings. The van der Waals surface area contributed by atoms with Gasteiger partial charge in [0.2, 0.25) is 12.3 Å². The molecule has 7 aliphatic rings. The molecule has 1 N–H and O–H groups in total. The van der Waals surface area contributed by atoms with Gasteiger partial charge in [0.25, 0.3) is 0 Å². The Hall–Kier alpha value is -0.950. The SMILES string of the molecule is CC(C)C(C)(C)C(F)(F)F.CC(C)C(C)(F)F.CC(C)C(F)F.CC(C)C1(C(F)(F)F)CC1.CC(C)C1(C)CCC1.CC(C)C1(C)CCC1.CC(C)C1(C)CCC1.CC(C)C1(C)CCC1.CC(C)C1(O)CCC1.CC(C)C1CC1.CC(C)CC(F)(F)F. The summed E-state index contributed by atoms with van der Waals surface area (Å²) in [6.07, 6.45) is 9.62. The lowest BCUT2D eigenvalue weighted by Gasteiger charge is -2.42. The first-order valence-electron chi connectivity index (χ1n) is 34.2. The van der Waals surface area contributed by atoms with Crippen molar-refractivity contribution in [2.45, 2.75) is 366 Å². The van der Waals surface area contributed by atoms with Crippen LogP contribution >= 0.6 is 0 Å². The molecule has 0 amide bonds. The smallest absolute Gasteiger partial charge is 0.390 e. The quantitative estimate of drug-likeness (QED) is 0.204. The second kappa shape index (κ2) is 39.0. The summed E-state index contributed by atoms with van der Waals surface area (Å²) >= 11 is 0. The molecular weight excluding hydrogens is 1140 g/mol. The third-order valence-corrected chi connectivity index (χ3v) is 22.2. The number of hydrogen-bond acceptors (Lipinski definition) is 1. The standard InChI is InChI=1S/4C8H16.C7H11F3.C7H13F3.C7H14O.C6H12.C5H9F3.C5H10F2.C4H8F2/c4*1-7(2)8(3)5-4-6-8;1-5(2)6(3-4-6)7(8,9)10;1-5(2)6(3,4)7(8,9)10;1-6(2)7(8)4-3-5-7;1-5(2)6-3-4-6;1-4(2)3-5(6,7)8;1-4(2)5(3,6)7;1-3(2)4(5)6/h4*7H,4-6H2,1-3H3;5H,3-4H2,1-2H3;5H,1-4H3;6,8H,3-5H2,1-2H3;5-6H,3-4H2,1-2H3;4H,3H2,1-2H3;4H,1-3H3;3-4H,1-2H3. The number of alkyl halides is 13. The molecule has 7 fully saturated rings. The Kier molecular flexibility index (Phi) is 41.5. The monoisotopic (exact) mass is 1280 g/mol. The van der Waals surface area contributed by atoms with E-state index in [1.807, 2.05) is 0 Å². The molecule has 530 valence electrons. The lowest BCUT2D eigenvalue weighted by atomic mass is 9.64. The number of aliphatic hydroxyl groups is 1. The summed E-state index contributed by atoms with van der Waals surface area (Å²) in [6, 6.07) is 0. The average molecular weight is 1280 g/mol. The molecular formula is C73H141F13O. The van der Waals surface area contributed by atoms with E-state index in [-0.39, 0.29) is 23.4 Å². The second-order valence-corrected chi connectivity index (χ2v) is 32.9. The third kappa shape index (κ3) is 36.9. The number of rotatable bonds is 11. The highest BCUT2D eigenvalue weighted by Crippen LogP contribution is 2.62. The summed E-state index contributed by atoms with van der Waals surface area (Å²) in [5, 5.41) is 9.49. The Balaban J connectivity index is -0.000000437. The van der Waals surface area contributed by atoms with Gasteiger partial charge in [-0.05, 0) is 184 Å². The third-order valence-electron chi connectivity index (χ3n) is 22.2. The zero-order chi connectivity index (χ0) is 70.1. The first kappa shape index (κ1) is 92.5. The molecule has 0 aromatic carbocycles. The fourth-order valence-electron chi connectivity index (χ4n) is 9.24. The minimum absolute atomic E-state index is 0.257. The fraction of sp³-hybridized carbons (Fsp3) is 1.00. The van der Waals surface area contributed by atoms with Gasteiger partial charge in [0.1, 0.15) is 0 Å². The van der Waals surface area contributed by atoms with Gasteiger partial charge in [-0.25, -0.2) is 17.6 Å². The van der Waals surface area contributed by atoms with Crippen molar-refractivity contribution in [3.8, 4) is 0 Å². The van der Waals surface area contributed by atoms with Gasteiger partial charge < -0.3 is 5.11 Å². The zero-order valence-corrected chi connectivity index (χ0v) is 61.5. The maximum Gasteiger partial charge on any atom is 0.394 e. The molecule has 7 rings (SSSR count). The summed E-state index contributed by atoms with van der Waals surface area (Å²) in [6.45, 7) is 55.9. The van der Waals surface area contributed by atoms with Crippen LogP contribution in [0.15, 0.2) is 0 Å². The Morgan fingerprint density at radius 3 is 0.644 bits per heavy atom. The molecule has 14 heteroatoms. The molecule has 1 nitrogen and oxygen atoms in total. The van der Waals surface area contributed by atoms with Crippen molar-refractivity contribution in [3.05, 3.63) is 0 Å². The predicted octanol–water partition coefficient (Wildman–Crippen LogP) is 28.0. The van der Waals surface area contributed by atoms with Gasteiger partial charge in [0.15, 0.2) is 0 Å². The van der Waals surface area contributed by atoms with Gasteiger partial charge >= 0.3 is 18.5 Å². The van der Waals surface area contributed by atoms with Crippen LogP contribution in [0, 0.1) is 104 Å². The first-order valence-corrected chi connectivity index (χ1v) is 34.2. The van der Waals surface area contributed by atoms with E-state index in [9.17, 15) is 62.2 Å². The van der Waals surface area contributed by atoms with E-state index in [1.54, 1.807) is 41.5 Å². The summed E-state index contributed by atoms with van der Waals surface area (Å²) in [5.41, 5.74) is -0.264. The van der Waals surface area contributed by atoms with Gasteiger partial charge in [-0.3, -0.25) is 0 Å². The van der Waals surface area contributed by atoms with Crippen molar-refractivity contribution < 1.29 is 62.2 Å². The maximum atomic E-state index is 12.1. The molecule has 87 heavy (non-hydrogen) atoms. The highest BCUT2D eigenvalue weighted by molar-refractivity contribution is 5.01. The Morgan fingerprint density at radius 1 is 0.391 bits per heavy atom. The van der Waals surface area contributed by atoms with Crippen molar-refractivity contribution in [2.75, 3.05) is 0 Å². The Labute approximate surface area is 529 Å². The van der Waals surface area contributed by atoms with Crippen molar-refractivity contribution in [1.82, 2.24) is 0 Å². The summed E-state index contributed by atoms with van der Waals surface area (Å²) in [5.74, 6) is 1.69. The highest BCUT2D eigenvalue weighted by Gasteiger charge is 2.64. The van der Waals surface area contributed by atoms with Gasteiger partial charge in [-0.1, -0.05) is 220 Å². The lowest BCUT2D eigenvalue weighted by molar-refractivity contribution is -0.225. The lowest BCUT2D eigenvalue weighted by Crippen LogP contribution is -2.41. The van der Waals surface area contributed by atoms with Crippen molar-refractivity contribution in [1.29, 1.82) is 0 Å². The van der Waals surface area contributed by atoms with Crippen LogP contribution in [0.25, 0.3) is 0 Å². The minimum Gasteiger partial charge on any atom is -0.390 e. The van der Waals surface area contributed by atoms with E-state index in [0.717, 1.165) is 76.9 Å². The van der Waals surface area contributed by atoms with E-state index >= 15 is 0 Å². The second-order valence-electron chi connectivity index (χ2n) is 32.9. The van der Waals surface area contributed by atoms with E-state index < -0.39 is 60.0 Å². The van der Waals surface area contributed by atoms with Crippen LogP contribution in [-0.2, 0) is 0 Å². The van der Waals surface area contributed by atoms with Gasteiger partial charge in [0, 0.05) is 18.3 Å². The van der Waals surface area contributed by atoms with Crippen LogP contribution in [0.2, 0.25) is 0 Å². The summed E-state index contributed by atoms with van der Waals surface area (Å²) in [7, 11) is 0. The summed E-state index contributed by atoms with van der Waals surface area (Å²) < 4.78 is 153. The minimum atomic E-state index is -4.08. The molecule has 0 heterocycles. The average Bonchev–Trinajstić information content (AvgIpc) is 4.22. The molecule has 0 aromatic heterocycles. The van der Waals surface area contributed by atoms with E-state index in [1.165, 1.54) is 138 Å². The van der Waals surface area contributed by atoms with E-state index in [4.69, 9.17) is 0 Å². The fourth-order valence-corrected chi connectivity index (χ4v) is 9.24. The predicted molar refractivity (Wildman–Crippen MR) is 347 cm³/mol.